The molecule has 1 fully saturated rings. The lowest BCUT2D eigenvalue weighted by molar-refractivity contribution is 0.155. The summed E-state index contributed by atoms with van der Waals surface area (Å²) in [4.78, 5) is 7.20. The molecule has 0 radical (unpaired) electrons. The quantitative estimate of drug-likeness (QED) is 0.938. The van der Waals surface area contributed by atoms with Crippen LogP contribution in [0.1, 0.15) is 56.1 Å². The number of tetrazole rings is 1. The first kappa shape index (κ1) is 14.6. The Morgan fingerprint density at radius 2 is 2.14 bits per heavy atom. The normalized spacial score (nSPS) is 19.2. The summed E-state index contributed by atoms with van der Waals surface area (Å²) < 4.78 is 0. The predicted molar refractivity (Wildman–Crippen MR) is 82.2 cm³/mol. The summed E-state index contributed by atoms with van der Waals surface area (Å²) in [5, 5.41) is 18.0. The van der Waals surface area contributed by atoms with Crippen molar-refractivity contribution in [3.8, 4) is 0 Å². The van der Waals surface area contributed by atoms with Crippen molar-refractivity contribution >= 4 is 11.3 Å². The molecule has 0 aromatic carbocycles. The fourth-order valence-corrected chi connectivity index (χ4v) is 3.56. The van der Waals surface area contributed by atoms with Crippen molar-refractivity contribution < 1.29 is 0 Å². The smallest absolute Gasteiger partial charge is 0.180 e. The predicted octanol–water partition coefficient (Wildman–Crippen LogP) is 2.33. The summed E-state index contributed by atoms with van der Waals surface area (Å²) >= 11 is 1.77. The van der Waals surface area contributed by atoms with Crippen LogP contribution in [0.4, 0.5) is 0 Å². The van der Waals surface area contributed by atoms with Gasteiger partial charge in [0, 0.05) is 23.3 Å². The molecule has 114 valence electrons. The van der Waals surface area contributed by atoms with E-state index in [1.54, 1.807) is 11.3 Å². The van der Waals surface area contributed by atoms with Crippen molar-refractivity contribution in [2.45, 2.75) is 51.5 Å². The van der Waals surface area contributed by atoms with Crippen LogP contribution >= 0.6 is 11.3 Å². The van der Waals surface area contributed by atoms with Crippen molar-refractivity contribution in [2.75, 3.05) is 13.1 Å². The van der Waals surface area contributed by atoms with E-state index in [1.165, 1.54) is 10.7 Å². The Kier molecular flexibility index (Phi) is 4.03. The Bertz CT molecular complexity index is 568. The molecule has 3 rings (SSSR count). The number of aromatic nitrogens is 5. The highest BCUT2D eigenvalue weighted by atomic mass is 32.1. The van der Waals surface area contributed by atoms with Crippen molar-refractivity contribution in [1.82, 2.24) is 30.5 Å². The average molecular weight is 306 g/mol. The minimum absolute atomic E-state index is 0.0503. The molecular weight excluding hydrogens is 284 g/mol. The third-order valence-corrected chi connectivity index (χ3v) is 5.49. The van der Waals surface area contributed by atoms with Crippen LogP contribution in [0.3, 0.4) is 0 Å². The molecule has 1 aliphatic heterocycles. The maximum atomic E-state index is 4.73. The molecule has 7 heteroatoms. The number of rotatable bonds is 4. The number of hydrogen-bond donors (Lipinski definition) is 1. The number of nitrogens with zero attached hydrogens (tertiary/aromatic N) is 5. The molecule has 0 atom stereocenters. The van der Waals surface area contributed by atoms with Gasteiger partial charge in [0.15, 0.2) is 5.82 Å². The molecule has 0 saturated carbocycles. The Hall–Kier alpha value is -1.34. The third kappa shape index (κ3) is 3.13. The van der Waals surface area contributed by atoms with E-state index in [9.17, 15) is 0 Å². The number of hydrogen-bond acceptors (Lipinski definition) is 6. The van der Waals surface area contributed by atoms with E-state index in [0.717, 1.165) is 38.3 Å². The van der Waals surface area contributed by atoms with Gasteiger partial charge in [0.25, 0.3) is 0 Å². The Morgan fingerprint density at radius 1 is 1.38 bits per heavy atom. The molecule has 0 spiro atoms. The molecule has 0 unspecified atom stereocenters. The summed E-state index contributed by atoms with van der Waals surface area (Å²) in [6.45, 7) is 9.68. The summed E-state index contributed by atoms with van der Waals surface area (Å²) in [5.41, 5.74) is 1.25. The SMILES string of the molecule is CC(C)c1nc(CN2CCC(C)(c3nn[nH]n3)CC2)cs1. The van der Waals surface area contributed by atoms with E-state index in [1.807, 2.05) is 0 Å². The number of piperidine rings is 1. The highest BCUT2D eigenvalue weighted by Crippen LogP contribution is 2.32. The maximum absolute atomic E-state index is 4.73. The van der Waals surface area contributed by atoms with E-state index in [-0.39, 0.29) is 5.41 Å². The van der Waals surface area contributed by atoms with Gasteiger partial charge in [-0.15, -0.1) is 21.5 Å². The van der Waals surface area contributed by atoms with Gasteiger partial charge in [-0.2, -0.15) is 5.21 Å². The fourth-order valence-electron chi connectivity index (χ4n) is 2.74. The zero-order valence-electron chi connectivity index (χ0n) is 12.8. The minimum atomic E-state index is 0.0503. The lowest BCUT2D eigenvalue weighted by Gasteiger charge is -2.36. The third-order valence-electron chi connectivity index (χ3n) is 4.29. The van der Waals surface area contributed by atoms with Gasteiger partial charge in [-0.25, -0.2) is 4.98 Å². The number of nitrogens with one attached hydrogen (secondary N) is 1. The molecule has 2 aromatic rings. The van der Waals surface area contributed by atoms with E-state index in [0.29, 0.717) is 5.92 Å². The standard InChI is InChI=1S/C14H22N6S/c1-10(2)12-15-11(9-21-12)8-20-6-4-14(3,5-7-20)13-16-18-19-17-13/h9-10H,4-8H2,1-3H3,(H,16,17,18,19). The van der Waals surface area contributed by atoms with Crippen LogP contribution < -0.4 is 0 Å². The monoisotopic (exact) mass is 306 g/mol. The zero-order chi connectivity index (χ0) is 14.9. The van der Waals surface area contributed by atoms with Crippen LogP contribution in [0, 0.1) is 0 Å². The van der Waals surface area contributed by atoms with Crippen LogP contribution in [-0.4, -0.2) is 43.6 Å². The zero-order valence-corrected chi connectivity index (χ0v) is 13.7. The Balaban J connectivity index is 1.58. The molecule has 1 saturated heterocycles. The van der Waals surface area contributed by atoms with Gasteiger partial charge in [-0.05, 0) is 25.9 Å². The molecule has 0 aliphatic carbocycles. The van der Waals surface area contributed by atoms with Crippen LogP contribution in [-0.2, 0) is 12.0 Å². The summed E-state index contributed by atoms with van der Waals surface area (Å²) in [7, 11) is 0. The fraction of sp³-hybridized carbons (Fsp3) is 0.714. The average Bonchev–Trinajstić information content (AvgIpc) is 3.12. The molecule has 1 N–H and O–H groups in total. The van der Waals surface area contributed by atoms with E-state index in [4.69, 9.17) is 4.98 Å². The van der Waals surface area contributed by atoms with Gasteiger partial charge in [0.05, 0.1) is 10.7 Å². The number of thiazole rings is 1. The van der Waals surface area contributed by atoms with Gasteiger partial charge in [-0.3, -0.25) is 4.90 Å². The van der Waals surface area contributed by atoms with E-state index >= 15 is 0 Å². The topological polar surface area (TPSA) is 70.6 Å². The maximum Gasteiger partial charge on any atom is 0.180 e. The van der Waals surface area contributed by atoms with Gasteiger partial charge in [0.1, 0.15) is 0 Å². The number of aromatic amines is 1. The van der Waals surface area contributed by atoms with Crippen molar-refractivity contribution in [3.05, 3.63) is 21.9 Å². The molecule has 6 nitrogen and oxygen atoms in total. The minimum Gasteiger partial charge on any atom is -0.297 e. The molecule has 0 amide bonds. The van der Waals surface area contributed by atoms with E-state index in [2.05, 4.69) is 51.7 Å². The second-order valence-corrected chi connectivity index (χ2v) is 7.29. The van der Waals surface area contributed by atoms with Gasteiger partial charge >= 0.3 is 0 Å². The van der Waals surface area contributed by atoms with Gasteiger partial charge < -0.3 is 0 Å². The van der Waals surface area contributed by atoms with E-state index < -0.39 is 0 Å². The summed E-state index contributed by atoms with van der Waals surface area (Å²) in [6.07, 6.45) is 2.13. The molecule has 21 heavy (non-hydrogen) atoms. The second kappa shape index (κ2) is 5.81. The molecule has 3 heterocycles. The lowest BCUT2D eigenvalue weighted by Crippen LogP contribution is -2.41. The number of likely N-dealkylation sites (tertiary alicyclic amines) is 1. The highest BCUT2D eigenvalue weighted by Gasteiger charge is 2.35. The van der Waals surface area contributed by atoms with Crippen LogP contribution in [0.5, 0.6) is 0 Å². The molecule has 0 bridgehead atoms. The van der Waals surface area contributed by atoms with Gasteiger partial charge in [0.2, 0.25) is 0 Å². The second-order valence-electron chi connectivity index (χ2n) is 6.40. The molecule has 1 aliphatic rings. The van der Waals surface area contributed by atoms with Crippen molar-refractivity contribution in [1.29, 1.82) is 0 Å². The Labute approximate surface area is 129 Å². The highest BCUT2D eigenvalue weighted by molar-refractivity contribution is 7.09. The summed E-state index contributed by atoms with van der Waals surface area (Å²) in [5.74, 6) is 1.37. The van der Waals surface area contributed by atoms with Crippen molar-refractivity contribution in [3.63, 3.8) is 0 Å². The lowest BCUT2D eigenvalue weighted by atomic mass is 9.79. The van der Waals surface area contributed by atoms with Crippen LogP contribution in [0.25, 0.3) is 0 Å². The first-order chi connectivity index (χ1) is 10.1. The first-order valence-electron chi connectivity index (χ1n) is 7.47. The van der Waals surface area contributed by atoms with Crippen LogP contribution in [0.2, 0.25) is 0 Å². The van der Waals surface area contributed by atoms with Gasteiger partial charge in [-0.1, -0.05) is 26.0 Å². The largest absolute Gasteiger partial charge is 0.297 e. The number of H-pyrrole nitrogens is 1. The first-order valence-corrected chi connectivity index (χ1v) is 8.35. The van der Waals surface area contributed by atoms with Crippen molar-refractivity contribution in [2.24, 2.45) is 0 Å². The Morgan fingerprint density at radius 3 is 2.71 bits per heavy atom. The molecular formula is C14H22N6S. The molecule has 2 aromatic heterocycles. The summed E-state index contributed by atoms with van der Waals surface area (Å²) in [6, 6.07) is 0. The van der Waals surface area contributed by atoms with Crippen LogP contribution in [0.15, 0.2) is 5.38 Å².